The lowest BCUT2D eigenvalue weighted by Gasteiger charge is -2.44. The first-order valence-corrected chi connectivity index (χ1v) is 13.7. The maximum absolute atomic E-state index is 11.7. The zero-order valence-corrected chi connectivity index (χ0v) is 22.5. The maximum atomic E-state index is 11.7. The van der Waals surface area contributed by atoms with Crippen molar-refractivity contribution in [2.24, 2.45) is 0 Å². The third-order valence-electron chi connectivity index (χ3n) is 6.84. The van der Waals surface area contributed by atoms with E-state index < -0.39 is 30.7 Å². The van der Waals surface area contributed by atoms with E-state index in [1.165, 1.54) is 0 Å². The number of rotatable bonds is 13. The van der Waals surface area contributed by atoms with Crippen molar-refractivity contribution in [1.29, 1.82) is 0 Å². The smallest absolute Gasteiger partial charge is 0.187 e. The van der Waals surface area contributed by atoms with Crippen LogP contribution in [0.5, 0.6) is 0 Å². The number of hydrogen-bond acceptors (Lipinski definition) is 6. The average molecular weight is 541 g/mol. The molecule has 208 valence electrons. The van der Waals surface area contributed by atoms with Crippen LogP contribution in [0.1, 0.15) is 22.3 Å². The van der Waals surface area contributed by atoms with Gasteiger partial charge in [0, 0.05) is 0 Å². The van der Waals surface area contributed by atoms with Crippen molar-refractivity contribution in [3.63, 3.8) is 0 Å². The van der Waals surface area contributed by atoms with Crippen LogP contribution in [-0.2, 0) is 50.1 Å². The van der Waals surface area contributed by atoms with E-state index in [0.717, 1.165) is 22.3 Å². The molecule has 0 unspecified atom stereocenters. The van der Waals surface area contributed by atoms with E-state index in [4.69, 9.17) is 23.7 Å². The molecule has 6 nitrogen and oxygen atoms in total. The minimum Gasteiger partial charge on any atom is -0.387 e. The van der Waals surface area contributed by atoms with Gasteiger partial charge in [-0.3, -0.25) is 0 Å². The predicted octanol–water partition coefficient (Wildman–Crippen LogP) is 5.68. The summed E-state index contributed by atoms with van der Waals surface area (Å²) in [6.45, 7) is 1.59. The molecule has 0 radical (unpaired) electrons. The second kappa shape index (κ2) is 14.9. The van der Waals surface area contributed by atoms with Gasteiger partial charge in [-0.05, 0) is 22.3 Å². The minimum absolute atomic E-state index is 0.224. The fourth-order valence-electron chi connectivity index (χ4n) is 4.70. The van der Waals surface area contributed by atoms with Gasteiger partial charge in [-0.1, -0.05) is 121 Å². The second-order valence-corrected chi connectivity index (χ2v) is 9.85. The predicted molar refractivity (Wildman–Crippen MR) is 152 cm³/mol. The van der Waals surface area contributed by atoms with Crippen molar-refractivity contribution in [3.05, 3.63) is 144 Å². The van der Waals surface area contributed by atoms with Gasteiger partial charge in [0.2, 0.25) is 0 Å². The number of hydrogen-bond donors (Lipinski definition) is 1. The van der Waals surface area contributed by atoms with Gasteiger partial charge in [-0.25, -0.2) is 0 Å². The molecule has 1 fully saturated rings. The first kappa shape index (κ1) is 28.2. The molecule has 0 amide bonds. The van der Waals surface area contributed by atoms with Gasteiger partial charge in [0.1, 0.15) is 24.4 Å². The van der Waals surface area contributed by atoms with Gasteiger partial charge in [-0.2, -0.15) is 0 Å². The Bertz CT molecular complexity index is 1240. The highest BCUT2D eigenvalue weighted by atomic mass is 16.7. The molecule has 1 heterocycles. The molecule has 0 aliphatic carbocycles. The molecule has 0 aromatic heterocycles. The lowest BCUT2D eigenvalue weighted by atomic mass is 9.98. The molecule has 4 aromatic carbocycles. The van der Waals surface area contributed by atoms with Crippen LogP contribution in [-0.4, -0.2) is 42.4 Å². The quantitative estimate of drug-likeness (QED) is 0.236. The van der Waals surface area contributed by atoms with E-state index in [1.54, 1.807) is 0 Å². The molecule has 0 bridgehead atoms. The number of ether oxygens (including phenoxy) is 5. The Balaban J connectivity index is 1.33. The summed E-state index contributed by atoms with van der Waals surface area (Å²) < 4.78 is 31.3. The van der Waals surface area contributed by atoms with Crippen LogP contribution in [0.25, 0.3) is 0 Å². The lowest BCUT2D eigenvalue weighted by Crippen LogP contribution is -2.60. The summed E-state index contributed by atoms with van der Waals surface area (Å²) in [5.74, 6) is 0. The van der Waals surface area contributed by atoms with Crippen molar-refractivity contribution in [2.45, 2.75) is 57.1 Å². The number of aliphatic hydroxyl groups is 1. The molecule has 1 N–H and O–H groups in total. The topological polar surface area (TPSA) is 66.4 Å². The summed E-state index contributed by atoms with van der Waals surface area (Å²) in [5, 5.41) is 11.7. The van der Waals surface area contributed by atoms with Crippen LogP contribution in [0, 0.1) is 0 Å². The normalized spacial score (nSPS) is 22.7. The first-order valence-electron chi connectivity index (χ1n) is 13.7. The number of benzene rings is 4. The van der Waals surface area contributed by atoms with Crippen molar-refractivity contribution in [1.82, 2.24) is 0 Å². The summed E-state index contributed by atoms with van der Waals surface area (Å²) in [5.41, 5.74) is 4.05. The highest BCUT2D eigenvalue weighted by Gasteiger charge is 2.47. The standard InChI is InChI=1S/C34H36O6/c35-31-32(37-22-27-15-7-2-8-16-27)30(25-36-21-26-13-5-1-6-14-26)40-34(39-24-29-19-11-4-12-20-29)33(31)38-23-28-17-9-3-10-18-28/h1-20,30-35H,21-25H2/t30-,31+,32-,33-,34+/m1/s1. The maximum Gasteiger partial charge on any atom is 0.187 e. The zero-order valence-electron chi connectivity index (χ0n) is 22.5. The monoisotopic (exact) mass is 540 g/mol. The summed E-state index contributed by atoms with van der Waals surface area (Å²) in [4.78, 5) is 0. The molecule has 6 heteroatoms. The molecule has 40 heavy (non-hydrogen) atoms. The van der Waals surface area contributed by atoms with Crippen molar-refractivity contribution in [3.8, 4) is 0 Å². The van der Waals surface area contributed by atoms with Crippen LogP contribution in [0.4, 0.5) is 0 Å². The molecule has 0 spiro atoms. The van der Waals surface area contributed by atoms with E-state index >= 15 is 0 Å². The lowest BCUT2D eigenvalue weighted by molar-refractivity contribution is -0.323. The highest BCUT2D eigenvalue weighted by molar-refractivity contribution is 5.16. The van der Waals surface area contributed by atoms with Crippen LogP contribution in [0.15, 0.2) is 121 Å². The SMILES string of the molecule is O[C@@H]1[C@@H](OCc2ccccc2)[C@@H](OCc2ccccc2)O[C@H](COCc2ccccc2)[C@H]1OCc1ccccc1. The molecule has 1 saturated heterocycles. The highest BCUT2D eigenvalue weighted by Crippen LogP contribution is 2.29. The Kier molecular flexibility index (Phi) is 10.5. The van der Waals surface area contributed by atoms with Crippen LogP contribution >= 0.6 is 0 Å². The van der Waals surface area contributed by atoms with Crippen LogP contribution < -0.4 is 0 Å². The Morgan fingerprint density at radius 3 is 1.38 bits per heavy atom. The summed E-state index contributed by atoms with van der Waals surface area (Å²) in [6.07, 6.45) is -3.85. The van der Waals surface area contributed by atoms with E-state index in [0.29, 0.717) is 26.4 Å². The van der Waals surface area contributed by atoms with Gasteiger partial charge in [0.05, 0.1) is 33.0 Å². The van der Waals surface area contributed by atoms with Crippen LogP contribution in [0.3, 0.4) is 0 Å². The van der Waals surface area contributed by atoms with Crippen molar-refractivity contribution in [2.75, 3.05) is 6.61 Å². The van der Waals surface area contributed by atoms with Gasteiger partial charge in [0.25, 0.3) is 0 Å². The van der Waals surface area contributed by atoms with Crippen molar-refractivity contribution >= 4 is 0 Å². The second-order valence-electron chi connectivity index (χ2n) is 9.85. The summed E-state index contributed by atoms with van der Waals surface area (Å²) >= 11 is 0. The third-order valence-corrected chi connectivity index (χ3v) is 6.84. The van der Waals surface area contributed by atoms with E-state index in [9.17, 15) is 5.11 Å². The molecule has 1 aliphatic rings. The van der Waals surface area contributed by atoms with Gasteiger partial charge < -0.3 is 28.8 Å². The Labute approximate surface area is 236 Å². The molecule has 1 aliphatic heterocycles. The van der Waals surface area contributed by atoms with Gasteiger partial charge >= 0.3 is 0 Å². The largest absolute Gasteiger partial charge is 0.387 e. The Hall–Kier alpha value is -3.36. The molecule has 4 aromatic rings. The van der Waals surface area contributed by atoms with Crippen LogP contribution in [0.2, 0.25) is 0 Å². The van der Waals surface area contributed by atoms with E-state index in [1.807, 2.05) is 121 Å². The molecular weight excluding hydrogens is 504 g/mol. The third kappa shape index (κ3) is 8.08. The fraction of sp³-hybridized carbons (Fsp3) is 0.294. The molecular formula is C34H36O6. The molecule has 5 rings (SSSR count). The zero-order chi connectivity index (χ0) is 27.4. The van der Waals surface area contributed by atoms with E-state index in [2.05, 4.69) is 0 Å². The Morgan fingerprint density at radius 1 is 0.500 bits per heavy atom. The summed E-state index contributed by atoms with van der Waals surface area (Å²) in [6, 6.07) is 39.6. The molecule has 0 saturated carbocycles. The average Bonchev–Trinajstić information content (AvgIpc) is 3.01. The first-order chi connectivity index (χ1) is 19.8. The minimum atomic E-state index is -1.01. The van der Waals surface area contributed by atoms with E-state index in [-0.39, 0.29) is 6.61 Å². The Morgan fingerprint density at radius 2 is 0.900 bits per heavy atom. The number of aliphatic hydroxyl groups excluding tert-OH is 1. The fourth-order valence-corrected chi connectivity index (χ4v) is 4.70. The van der Waals surface area contributed by atoms with Gasteiger partial charge in [0.15, 0.2) is 6.29 Å². The summed E-state index contributed by atoms with van der Waals surface area (Å²) in [7, 11) is 0. The van der Waals surface area contributed by atoms with Crippen molar-refractivity contribution < 1.29 is 28.8 Å². The van der Waals surface area contributed by atoms with Gasteiger partial charge in [-0.15, -0.1) is 0 Å². The molecule has 5 atom stereocenters.